The lowest BCUT2D eigenvalue weighted by Crippen LogP contribution is -2.51. The van der Waals surface area contributed by atoms with E-state index in [9.17, 15) is 10.4 Å². The van der Waals surface area contributed by atoms with Gasteiger partial charge in [0.1, 0.15) is 5.41 Å². The summed E-state index contributed by atoms with van der Waals surface area (Å²) < 4.78 is 5.36. The zero-order valence-corrected chi connectivity index (χ0v) is 10.0. The minimum Gasteiger partial charge on any atom is -0.388 e. The van der Waals surface area contributed by atoms with Crippen molar-refractivity contribution in [2.24, 2.45) is 11.3 Å². The van der Waals surface area contributed by atoms with E-state index in [-0.39, 0.29) is 0 Å². The molecule has 0 aromatic carbocycles. The zero-order chi connectivity index (χ0) is 11.6. The van der Waals surface area contributed by atoms with Crippen LogP contribution >= 0.6 is 0 Å². The Bertz CT molecular complexity index is 291. The van der Waals surface area contributed by atoms with Gasteiger partial charge in [-0.3, -0.25) is 0 Å². The Hall–Kier alpha value is -0.590. The Morgan fingerprint density at radius 2 is 2.31 bits per heavy atom. The molecule has 0 radical (unpaired) electrons. The van der Waals surface area contributed by atoms with Crippen molar-refractivity contribution < 1.29 is 9.84 Å². The maximum atomic E-state index is 10.8. The van der Waals surface area contributed by atoms with Gasteiger partial charge in [0.15, 0.2) is 0 Å². The third-order valence-corrected chi connectivity index (χ3v) is 4.53. The predicted molar refractivity (Wildman–Crippen MR) is 60.7 cm³/mol. The summed E-state index contributed by atoms with van der Waals surface area (Å²) in [5.74, 6) is 0.574. The number of hydrogen-bond donors (Lipinski definition) is 1. The molecule has 3 unspecified atom stereocenters. The van der Waals surface area contributed by atoms with Crippen molar-refractivity contribution >= 4 is 0 Å². The highest BCUT2D eigenvalue weighted by Crippen LogP contribution is 2.49. The van der Waals surface area contributed by atoms with Crippen molar-refractivity contribution in [3.63, 3.8) is 0 Å². The zero-order valence-electron chi connectivity index (χ0n) is 10.0. The van der Waals surface area contributed by atoms with Crippen molar-refractivity contribution in [1.82, 2.24) is 0 Å². The molecule has 16 heavy (non-hydrogen) atoms. The van der Waals surface area contributed by atoms with E-state index in [1.54, 1.807) is 0 Å². The Balaban J connectivity index is 2.19. The van der Waals surface area contributed by atoms with E-state index in [1.807, 2.05) is 0 Å². The highest BCUT2D eigenvalue weighted by Gasteiger charge is 2.54. The van der Waals surface area contributed by atoms with Crippen molar-refractivity contribution in [3.05, 3.63) is 0 Å². The van der Waals surface area contributed by atoms with E-state index in [1.165, 1.54) is 6.42 Å². The van der Waals surface area contributed by atoms with Crippen LogP contribution in [-0.4, -0.2) is 23.9 Å². The summed E-state index contributed by atoms with van der Waals surface area (Å²) in [4.78, 5) is 0. The molecule has 0 bridgehead atoms. The van der Waals surface area contributed by atoms with Crippen LogP contribution in [0.5, 0.6) is 0 Å². The van der Waals surface area contributed by atoms with E-state index in [4.69, 9.17) is 4.74 Å². The average Bonchev–Trinajstić information content (AvgIpc) is 2.79. The minimum absolute atomic E-state index is 0.413. The van der Waals surface area contributed by atoms with Crippen molar-refractivity contribution in [3.8, 4) is 6.07 Å². The van der Waals surface area contributed by atoms with Gasteiger partial charge in [-0.15, -0.1) is 0 Å². The van der Waals surface area contributed by atoms with E-state index < -0.39 is 11.0 Å². The van der Waals surface area contributed by atoms with E-state index in [0.29, 0.717) is 25.6 Å². The fourth-order valence-corrected chi connectivity index (χ4v) is 3.27. The molecule has 0 aromatic rings. The molecule has 1 aliphatic carbocycles. The van der Waals surface area contributed by atoms with Crippen LogP contribution in [0.2, 0.25) is 0 Å². The maximum absolute atomic E-state index is 10.8. The normalized spacial score (nSPS) is 44.2. The largest absolute Gasteiger partial charge is 0.388 e. The van der Waals surface area contributed by atoms with Crippen LogP contribution in [0.3, 0.4) is 0 Å². The van der Waals surface area contributed by atoms with Crippen LogP contribution < -0.4 is 0 Å². The van der Waals surface area contributed by atoms with E-state index in [0.717, 1.165) is 25.7 Å². The van der Waals surface area contributed by atoms with Crippen molar-refractivity contribution in [2.45, 2.75) is 51.0 Å². The molecule has 0 spiro atoms. The minimum atomic E-state index is -0.808. The molecule has 1 saturated carbocycles. The van der Waals surface area contributed by atoms with Gasteiger partial charge in [-0.2, -0.15) is 5.26 Å². The number of hydrogen-bond acceptors (Lipinski definition) is 3. The average molecular weight is 223 g/mol. The molecule has 0 amide bonds. The first-order valence-electron chi connectivity index (χ1n) is 6.37. The highest BCUT2D eigenvalue weighted by molar-refractivity contribution is 5.14. The second kappa shape index (κ2) is 4.35. The van der Waals surface area contributed by atoms with Crippen LogP contribution in [0.4, 0.5) is 0 Å². The molecule has 3 nitrogen and oxygen atoms in total. The molecule has 2 fully saturated rings. The number of rotatable bonds is 2. The van der Waals surface area contributed by atoms with Gasteiger partial charge in [0.25, 0.3) is 0 Å². The van der Waals surface area contributed by atoms with Crippen molar-refractivity contribution in [1.29, 1.82) is 5.26 Å². The summed E-state index contributed by atoms with van der Waals surface area (Å²) in [5, 5.41) is 20.2. The molecule has 1 aliphatic heterocycles. The molecular weight excluding hydrogens is 202 g/mol. The first-order chi connectivity index (χ1) is 7.66. The highest BCUT2D eigenvalue weighted by atomic mass is 16.5. The summed E-state index contributed by atoms with van der Waals surface area (Å²) >= 11 is 0. The van der Waals surface area contributed by atoms with Gasteiger partial charge in [0.2, 0.25) is 0 Å². The molecule has 1 heterocycles. The standard InChI is InChI=1S/C13H21NO2/c1-2-11-4-3-5-13(15,8-11)12(9-14)6-7-16-10-12/h11,15H,2-8,10H2,1H3. The fraction of sp³-hybridized carbons (Fsp3) is 0.923. The second-order valence-electron chi connectivity index (χ2n) is 5.40. The van der Waals surface area contributed by atoms with Crippen molar-refractivity contribution in [2.75, 3.05) is 13.2 Å². The Morgan fingerprint density at radius 3 is 2.88 bits per heavy atom. The maximum Gasteiger partial charge on any atom is 0.111 e. The number of nitriles is 1. The van der Waals surface area contributed by atoms with Crippen LogP contribution in [-0.2, 0) is 4.74 Å². The topological polar surface area (TPSA) is 53.2 Å². The number of nitrogens with zero attached hydrogens (tertiary/aromatic N) is 1. The van der Waals surface area contributed by atoms with E-state index in [2.05, 4.69) is 13.0 Å². The van der Waals surface area contributed by atoms with Gasteiger partial charge in [0, 0.05) is 6.61 Å². The van der Waals surface area contributed by atoms with Gasteiger partial charge < -0.3 is 9.84 Å². The SMILES string of the molecule is CCC1CCCC(O)(C2(C#N)CCOC2)C1. The summed E-state index contributed by atoms with van der Waals surface area (Å²) in [6.07, 6.45) is 5.57. The summed E-state index contributed by atoms with van der Waals surface area (Å²) in [5.41, 5.74) is -1.45. The molecule has 2 rings (SSSR count). The van der Waals surface area contributed by atoms with Gasteiger partial charge in [-0.1, -0.05) is 26.2 Å². The first-order valence-corrected chi connectivity index (χ1v) is 6.37. The Morgan fingerprint density at radius 1 is 1.50 bits per heavy atom. The smallest absolute Gasteiger partial charge is 0.111 e. The van der Waals surface area contributed by atoms with Crippen LogP contribution in [0.25, 0.3) is 0 Å². The Labute approximate surface area is 97.4 Å². The lowest BCUT2D eigenvalue weighted by Gasteiger charge is -2.44. The molecule has 3 atom stereocenters. The Kier molecular flexibility index (Phi) is 3.23. The number of ether oxygens (including phenoxy) is 1. The lowest BCUT2D eigenvalue weighted by atomic mass is 9.62. The third kappa shape index (κ3) is 1.74. The molecule has 1 saturated heterocycles. The summed E-state index contributed by atoms with van der Waals surface area (Å²) in [7, 11) is 0. The fourth-order valence-electron chi connectivity index (χ4n) is 3.27. The second-order valence-corrected chi connectivity index (χ2v) is 5.40. The monoisotopic (exact) mass is 223 g/mol. The molecular formula is C13H21NO2. The van der Waals surface area contributed by atoms with Crippen LogP contribution in [0, 0.1) is 22.7 Å². The molecule has 3 heteroatoms. The summed E-state index contributed by atoms with van der Waals surface area (Å²) in [6, 6.07) is 2.36. The van der Waals surface area contributed by atoms with Gasteiger partial charge in [-0.05, 0) is 25.2 Å². The van der Waals surface area contributed by atoms with Gasteiger partial charge in [0.05, 0.1) is 18.3 Å². The molecule has 1 N–H and O–H groups in total. The molecule has 90 valence electrons. The molecule has 2 aliphatic rings. The van der Waals surface area contributed by atoms with Crippen LogP contribution in [0.15, 0.2) is 0 Å². The number of aliphatic hydroxyl groups is 1. The van der Waals surface area contributed by atoms with Gasteiger partial charge >= 0.3 is 0 Å². The van der Waals surface area contributed by atoms with Crippen LogP contribution in [0.1, 0.15) is 45.4 Å². The quantitative estimate of drug-likeness (QED) is 0.781. The first kappa shape index (κ1) is 11.9. The lowest BCUT2D eigenvalue weighted by molar-refractivity contribution is -0.0976. The van der Waals surface area contributed by atoms with E-state index >= 15 is 0 Å². The predicted octanol–water partition coefficient (Wildman–Crippen LogP) is 2.25. The van der Waals surface area contributed by atoms with Gasteiger partial charge in [-0.25, -0.2) is 0 Å². The molecule has 0 aromatic heterocycles. The summed E-state index contributed by atoms with van der Waals surface area (Å²) in [6.45, 7) is 3.20. The third-order valence-electron chi connectivity index (χ3n) is 4.53.